The van der Waals surface area contributed by atoms with E-state index in [4.69, 9.17) is 0 Å². The summed E-state index contributed by atoms with van der Waals surface area (Å²) in [5.74, 6) is -1.78. The summed E-state index contributed by atoms with van der Waals surface area (Å²) in [5.41, 5.74) is -1.60. The van der Waals surface area contributed by atoms with E-state index in [1.54, 1.807) is 11.0 Å². The smallest absolute Gasteiger partial charge is 0.405 e. The van der Waals surface area contributed by atoms with Crippen molar-refractivity contribution in [2.45, 2.75) is 17.4 Å². The fourth-order valence-electron chi connectivity index (χ4n) is 3.52. The maximum Gasteiger partial charge on any atom is 0.573 e. The molecule has 0 N–H and O–H groups in total. The van der Waals surface area contributed by atoms with Gasteiger partial charge in [0.25, 0.3) is 5.91 Å². The van der Waals surface area contributed by atoms with Crippen molar-refractivity contribution < 1.29 is 44.3 Å². The summed E-state index contributed by atoms with van der Waals surface area (Å²) in [6.07, 6.45) is -8.93. The number of amides is 1. The van der Waals surface area contributed by atoms with Crippen LogP contribution in [0.5, 0.6) is 5.75 Å². The molecule has 0 aromatic heterocycles. The van der Waals surface area contributed by atoms with Crippen LogP contribution in [-0.2, 0) is 16.0 Å². The minimum Gasteiger partial charge on any atom is -0.405 e. The second-order valence-corrected chi connectivity index (χ2v) is 9.61. The molecule has 1 heterocycles. The number of piperazine rings is 1. The molecule has 0 saturated carbocycles. The molecule has 2 aromatic rings. The van der Waals surface area contributed by atoms with Gasteiger partial charge >= 0.3 is 12.5 Å². The number of nitriles is 1. The third-order valence-electron chi connectivity index (χ3n) is 5.19. The predicted molar refractivity (Wildman–Crippen MR) is 111 cm³/mol. The number of carbonyl (C=O) groups excluding carboxylic acids is 1. The molecule has 0 atom stereocenters. The van der Waals surface area contributed by atoms with Gasteiger partial charge in [-0.15, -0.1) is 13.2 Å². The summed E-state index contributed by atoms with van der Waals surface area (Å²) in [7, 11) is -3.84. The second kappa shape index (κ2) is 9.29. The van der Waals surface area contributed by atoms with Crippen LogP contribution in [0.15, 0.2) is 41.3 Å². The molecule has 1 fully saturated rings. The average molecular weight is 521 g/mol. The highest BCUT2D eigenvalue weighted by Crippen LogP contribution is 2.34. The number of alkyl halides is 6. The van der Waals surface area contributed by atoms with Gasteiger partial charge in [0, 0.05) is 32.4 Å². The molecular formula is C21H17F6N3O4S. The Morgan fingerprint density at radius 1 is 1.00 bits per heavy atom. The molecule has 0 spiro atoms. The van der Waals surface area contributed by atoms with Crippen LogP contribution in [0.25, 0.3) is 0 Å². The number of hydrogen-bond acceptors (Lipinski definition) is 6. The van der Waals surface area contributed by atoms with Gasteiger partial charge in [-0.2, -0.15) is 18.4 Å². The highest BCUT2D eigenvalue weighted by atomic mass is 32.2. The van der Waals surface area contributed by atoms with Gasteiger partial charge in [0.15, 0.2) is 9.84 Å². The Bertz CT molecular complexity index is 1280. The lowest BCUT2D eigenvalue weighted by Crippen LogP contribution is -2.49. The molecule has 14 heteroatoms. The molecule has 1 saturated heterocycles. The van der Waals surface area contributed by atoms with E-state index in [0.717, 1.165) is 41.5 Å². The Hall–Kier alpha value is -3.47. The molecule has 0 bridgehead atoms. The standard InChI is InChI=1S/C21H17F6N3O4S/c1-35(32,33)15-3-5-18(34-21(25,26)27)16(11-15)19(31)30-8-6-29(7-9-30)17-4-2-14(20(22,23)24)10-13(17)12-28/h2-5,10-11H,6-9H2,1H3. The summed E-state index contributed by atoms with van der Waals surface area (Å²) in [5, 5.41) is 9.28. The zero-order valence-corrected chi connectivity index (χ0v) is 18.8. The van der Waals surface area contributed by atoms with Crippen molar-refractivity contribution in [3.63, 3.8) is 0 Å². The molecule has 0 unspecified atom stereocenters. The molecule has 0 radical (unpaired) electrons. The number of benzene rings is 2. The maximum absolute atomic E-state index is 13.0. The van der Waals surface area contributed by atoms with Crippen LogP contribution in [0.3, 0.4) is 0 Å². The second-order valence-electron chi connectivity index (χ2n) is 7.60. The summed E-state index contributed by atoms with van der Waals surface area (Å²) in [4.78, 5) is 15.4. The monoisotopic (exact) mass is 521 g/mol. The van der Waals surface area contributed by atoms with Gasteiger partial charge in [0.1, 0.15) is 11.8 Å². The molecule has 1 amide bonds. The molecule has 1 aliphatic rings. The Morgan fingerprint density at radius 2 is 1.63 bits per heavy atom. The number of anilines is 1. The van der Waals surface area contributed by atoms with E-state index in [-0.39, 0.29) is 42.3 Å². The number of halogens is 6. The normalized spacial score (nSPS) is 15.0. The SMILES string of the molecule is CS(=O)(=O)c1ccc(OC(F)(F)F)c(C(=O)N2CCN(c3ccc(C(F)(F)F)cc3C#N)CC2)c1. The topological polar surface area (TPSA) is 90.7 Å². The van der Waals surface area contributed by atoms with Crippen LogP contribution in [0.2, 0.25) is 0 Å². The lowest BCUT2D eigenvalue weighted by atomic mass is 10.1. The first-order valence-electron chi connectivity index (χ1n) is 9.85. The van der Waals surface area contributed by atoms with Crippen LogP contribution in [0, 0.1) is 11.3 Å². The predicted octanol–water partition coefficient (Wildman–Crippen LogP) is 3.84. The van der Waals surface area contributed by atoms with Gasteiger partial charge in [0.2, 0.25) is 0 Å². The number of ether oxygens (including phenoxy) is 1. The zero-order chi connectivity index (χ0) is 26.2. The van der Waals surface area contributed by atoms with E-state index in [0.29, 0.717) is 6.07 Å². The minimum absolute atomic E-state index is 0.0563. The van der Waals surface area contributed by atoms with Crippen molar-refractivity contribution in [2.75, 3.05) is 37.3 Å². The molecule has 188 valence electrons. The number of carbonyl (C=O) groups is 1. The van der Waals surface area contributed by atoms with E-state index in [1.165, 1.54) is 0 Å². The zero-order valence-electron chi connectivity index (χ0n) is 17.9. The summed E-state index contributed by atoms with van der Waals surface area (Å²) >= 11 is 0. The molecule has 0 aliphatic carbocycles. The largest absolute Gasteiger partial charge is 0.573 e. The van der Waals surface area contributed by atoms with Crippen LogP contribution in [-0.4, -0.2) is 58.0 Å². The van der Waals surface area contributed by atoms with Crippen LogP contribution in [0.4, 0.5) is 32.0 Å². The molecule has 3 rings (SSSR count). The third-order valence-corrected chi connectivity index (χ3v) is 6.30. The van der Waals surface area contributed by atoms with Gasteiger partial charge in [-0.1, -0.05) is 0 Å². The number of rotatable bonds is 4. The van der Waals surface area contributed by atoms with E-state index < -0.39 is 45.2 Å². The lowest BCUT2D eigenvalue weighted by molar-refractivity contribution is -0.274. The first-order chi connectivity index (χ1) is 16.1. The van der Waals surface area contributed by atoms with E-state index in [2.05, 4.69) is 4.74 Å². The van der Waals surface area contributed by atoms with Crippen molar-refractivity contribution >= 4 is 21.4 Å². The van der Waals surface area contributed by atoms with Gasteiger partial charge in [-0.25, -0.2) is 8.42 Å². The molecular weight excluding hydrogens is 504 g/mol. The van der Waals surface area contributed by atoms with Crippen LogP contribution >= 0.6 is 0 Å². The average Bonchev–Trinajstić information content (AvgIpc) is 2.76. The number of sulfone groups is 1. The van der Waals surface area contributed by atoms with Gasteiger partial charge in [-0.05, 0) is 36.4 Å². The Morgan fingerprint density at radius 3 is 2.14 bits per heavy atom. The Balaban J connectivity index is 1.84. The quantitative estimate of drug-likeness (QED) is 0.568. The number of hydrogen-bond donors (Lipinski definition) is 0. The maximum atomic E-state index is 13.0. The highest BCUT2D eigenvalue weighted by Gasteiger charge is 2.35. The summed E-state index contributed by atoms with van der Waals surface area (Å²) < 4.78 is 105. The van der Waals surface area contributed by atoms with Crippen molar-refractivity contribution in [3.05, 3.63) is 53.1 Å². The number of nitrogens with zero attached hydrogens (tertiary/aromatic N) is 3. The minimum atomic E-state index is -5.13. The van der Waals surface area contributed by atoms with E-state index >= 15 is 0 Å². The molecule has 35 heavy (non-hydrogen) atoms. The van der Waals surface area contributed by atoms with Crippen molar-refractivity contribution in [3.8, 4) is 11.8 Å². The van der Waals surface area contributed by atoms with Crippen molar-refractivity contribution in [1.82, 2.24) is 4.90 Å². The van der Waals surface area contributed by atoms with Crippen LogP contribution < -0.4 is 9.64 Å². The van der Waals surface area contributed by atoms with Crippen molar-refractivity contribution in [2.24, 2.45) is 0 Å². The molecule has 2 aromatic carbocycles. The fraction of sp³-hybridized carbons (Fsp3) is 0.333. The van der Waals surface area contributed by atoms with E-state index in [9.17, 15) is 44.8 Å². The van der Waals surface area contributed by atoms with Crippen molar-refractivity contribution in [1.29, 1.82) is 5.26 Å². The van der Waals surface area contributed by atoms with Crippen LogP contribution in [0.1, 0.15) is 21.5 Å². The molecule has 7 nitrogen and oxygen atoms in total. The van der Waals surface area contributed by atoms with E-state index in [1.807, 2.05) is 0 Å². The Labute approximate surface area is 196 Å². The summed E-state index contributed by atoms with van der Waals surface area (Å²) in [6, 6.07) is 6.83. The first-order valence-corrected chi connectivity index (χ1v) is 11.7. The Kier molecular flexibility index (Phi) is 6.94. The van der Waals surface area contributed by atoms with Gasteiger partial charge < -0.3 is 14.5 Å². The van der Waals surface area contributed by atoms with Gasteiger partial charge in [-0.3, -0.25) is 4.79 Å². The first kappa shape index (κ1) is 26.1. The molecule has 1 aliphatic heterocycles. The summed E-state index contributed by atoms with van der Waals surface area (Å²) in [6.45, 7) is 0.0125. The van der Waals surface area contributed by atoms with Gasteiger partial charge in [0.05, 0.1) is 27.3 Å². The third kappa shape index (κ3) is 6.16. The fourth-order valence-corrected chi connectivity index (χ4v) is 4.17. The lowest BCUT2D eigenvalue weighted by Gasteiger charge is -2.36. The highest BCUT2D eigenvalue weighted by molar-refractivity contribution is 7.90.